The van der Waals surface area contributed by atoms with Crippen molar-refractivity contribution in [2.75, 3.05) is 5.73 Å². The number of hydrogen-bond donors (Lipinski definition) is 2. The summed E-state index contributed by atoms with van der Waals surface area (Å²) >= 11 is 0. The molecule has 19 heavy (non-hydrogen) atoms. The smallest absolute Gasteiger partial charge is 0.243 e. The second-order valence-corrected chi connectivity index (χ2v) is 7.21. The molecule has 2 unspecified atom stereocenters. The molecule has 0 radical (unpaired) electrons. The molecule has 1 aliphatic rings. The number of rotatable bonds is 3. The third-order valence-corrected chi connectivity index (χ3v) is 5.84. The van der Waals surface area contributed by atoms with Crippen LogP contribution in [0.5, 0.6) is 0 Å². The van der Waals surface area contributed by atoms with Crippen molar-refractivity contribution in [3.63, 3.8) is 0 Å². The highest BCUT2D eigenvalue weighted by molar-refractivity contribution is 7.89. The van der Waals surface area contributed by atoms with Crippen LogP contribution < -0.4 is 10.5 Å². The predicted octanol–water partition coefficient (Wildman–Crippen LogP) is 2.35. The molecule has 106 valence electrons. The maximum atomic E-state index is 12.5. The van der Waals surface area contributed by atoms with Crippen LogP contribution >= 0.6 is 0 Å². The fourth-order valence-electron chi connectivity index (χ4n) is 2.75. The highest BCUT2D eigenvalue weighted by Gasteiger charge is 2.30. The minimum atomic E-state index is -3.54. The predicted molar refractivity (Wildman–Crippen MR) is 77.5 cm³/mol. The zero-order valence-electron chi connectivity index (χ0n) is 11.7. The molecular formula is C14H22N2O2S. The molecule has 0 aliphatic heterocycles. The van der Waals surface area contributed by atoms with Crippen LogP contribution in [0.4, 0.5) is 5.69 Å². The molecule has 0 spiro atoms. The normalized spacial score (nSPS) is 23.7. The van der Waals surface area contributed by atoms with Gasteiger partial charge in [0, 0.05) is 6.04 Å². The minimum absolute atomic E-state index is 0.0318. The maximum Gasteiger partial charge on any atom is 0.243 e. The zero-order valence-corrected chi connectivity index (χ0v) is 12.5. The number of aryl methyl sites for hydroxylation is 1. The Kier molecular flexibility index (Phi) is 3.87. The average molecular weight is 282 g/mol. The van der Waals surface area contributed by atoms with Gasteiger partial charge in [-0.2, -0.15) is 0 Å². The van der Waals surface area contributed by atoms with E-state index in [9.17, 15) is 8.42 Å². The lowest BCUT2D eigenvalue weighted by Gasteiger charge is -2.20. The molecule has 1 aliphatic carbocycles. The Bertz CT molecular complexity index is 581. The summed E-state index contributed by atoms with van der Waals surface area (Å²) in [7, 11) is -3.54. The van der Waals surface area contributed by atoms with Crippen molar-refractivity contribution in [2.45, 2.75) is 51.0 Å². The van der Waals surface area contributed by atoms with Crippen LogP contribution in [0.3, 0.4) is 0 Å². The largest absolute Gasteiger partial charge is 0.398 e. The Balaban J connectivity index is 2.37. The number of anilines is 1. The second kappa shape index (κ2) is 5.13. The minimum Gasteiger partial charge on any atom is -0.398 e. The van der Waals surface area contributed by atoms with E-state index in [0.29, 0.717) is 11.6 Å². The average Bonchev–Trinajstić information content (AvgIpc) is 2.69. The first-order valence-electron chi connectivity index (χ1n) is 6.71. The molecule has 4 nitrogen and oxygen atoms in total. The molecule has 5 heteroatoms. The van der Waals surface area contributed by atoms with Crippen molar-refractivity contribution < 1.29 is 8.42 Å². The number of benzene rings is 1. The van der Waals surface area contributed by atoms with Crippen molar-refractivity contribution in [1.82, 2.24) is 4.72 Å². The van der Waals surface area contributed by atoms with Crippen LogP contribution in [0.25, 0.3) is 0 Å². The quantitative estimate of drug-likeness (QED) is 0.836. The van der Waals surface area contributed by atoms with Gasteiger partial charge in [-0.1, -0.05) is 19.4 Å². The van der Waals surface area contributed by atoms with Gasteiger partial charge in [0.15, 0.2) is 0 Å². The molecule has 0 saturated heterocycles. The van der Waals surface area contributed by atoms with E-state index < -0.39 is 10.0 Å². The van der Waals surface area contributed by atoms with Crippen molar-refractivity contribution in [2.24, 2.45) is 5.92 Å². The van der Waals surface area contributed by atoms with Gasteiger partial charge in [0.25, 0.3) is 0 Å². The fourth-order valence-corrected chi connectivity index (χ4v) is 4.56. The fraction of sp³-hybridized carbons (Fsp3) is 0.571. The molecule has 2 atom stereocenters. The highest BCUT2D eigenvalue weighted by Crippen LogP contribution is 2.29. The summed E-state index contributed by atoms with van der Waals surface area (Å²) in [5, 5.41) is 0. The van der Waals surface area contributed by atoms with Gasteiger partial charge in [0.1, 0.15) is 4.90 Å². The van der Waals surface area contributed by atoms with E-state index >= 15 is 0 Å². The summed E-state index contributed by atoms with van der Waals surface area (Å²) in [4.78, 5) is 0.242. The molecule has 1 fully saturated rings. The summed E-state index contributed by atoms with van der Waals surface area (Å²) in [6.45, 7) is 5.79. The summed E-state index contributed by atoms with van der Waals surface area (Å²) in [6.07, 6.45) is 3.07. The van der Waals surface area contributed by atoms with E-state index in [1.807, 2.05) is 13.0 Å². The van der Waals surface area contributed by atoms with Crippen molar-refractivity contribution >= 4 is 15.7 Å². The lowest BCUT2D eigenvalue weighted by molar-refractivity contribution is 0.476. The number of sulfonamides is 1. The molecule has 1 aromatic rings. The number of nitrogens with one attached hydrogen (secondary N) is 1. The molecular weight excluding hydrogens is 260 g/mol. The topological polar surface area (TPSA) is 72.2 Å². The summed E-state index contributed by atoms with van der Waals surface area (Å²) in [5.41, 5.74) is 7.86. The van der Waals surface area contributed by atoms with Crippen LogP contribution in [0.1, 0.15) is 37.3 Å². The Morgan fingerprint density at radius 3 is 2.53 bits per heavy atom. The second-order valence-electron chi connectivity index (χ2n) is 5.56. The number of nitrogen functional groups attached to an aromatic ring is 1. The summed E-state index contributed by atoms with van der Waals surface area (Å²) in [5.74, 6) is 0.390. The van der Waals surface area contributed by atoms with E-state index in [1.54, 1.807) is 13.0 Å². The van der Waals surface area contributed by atoms with Crippen LogP contribution in [0, 0.1) is 19.8 Å². The van der Waals surface area contributed by atoms with Gasteiger partial charge in [0.2, 0.25) is 10.0 Å². The molecule has 0 bridgehead atoms. The van der Waals surface area contributed by atoms with Crippen molar-refractivity contribution in [1.29, 1.82) is 0 Å². The number of hydrogen-bond acceptors (Lipinski definition) is 3. The third-order valence-electron chi connectivity index (χ3n) is 4.14. The maximum absolute atomic E-state index is 12.5. The van der Waals surface area contributed by atoms with Gasteiger partial charge in [-0.3, -0.25) is 0 Å². The van der Waals surface area contributed by atoms with E-state index in [2.05, 4.69) is 11.6 Å². The molecule has 2 rings (SSSR count). The van der Waals surface area contributed by atoms with E-state index in [-0.39, 0.29) is 10.9 Å². The summed E-state index contributed by atoms with van der Waals surface area (Å²) in [6, 6.07) is 3.54. The first-order chi connectivity index (χ1) is 8.83. The molecule has 1 saturated carbocycles. The Morgan fingerprint density at radius 2 is 1.95 bits per heavy atom. The van der Waals surface area contributed by atoms with Crippen LogP contribution in [-0.4, -0.2) is 14.5 Å². The van der Waals surface area contributed by atoms with Gasteiger partial charge in [-0.05, 0) is 49.8 Å². The van der Waals surface area contributed by atoms with Crippen LogP contribution in [-0.2, 0) is 10.0 Å². The van der Waals surface area contributed by atoms with Gasteiger partial charge in [0.05, 0.1) is 5.69 Å². The van der Waals surface area contributed by atoms with Gasteiger partial charge < -0.3 is 5.73 Å². The lowest BCUT2D eigenvalue weighted by atomic mass is 10.1. The van der Waals surface area contributed by atoms with Crippen molar-refractivity contribution in [3.05, 3.63) is 23.3 Å². The Morgan fingerprint density at radius 1 is 1.26 bits per heavy atom. The lowest BCUT2D eigenvalue weighted by Crippen LogP contribution is -2.37. The Labute approximate surface area is 115 Å². The van der Waals surface area contributed by atoms with Gasteiger partial charge in [-0.15, -0.1) is 0 Å². The molecule has 1 aromatic carbocycles. The van der Waals surface area contributed by atoms with Gasteiger partial charge in [-0.25, -0.2) is 13.1 Å². The zero-order chi connectivity index (χ0) is 14.2. The highest BCUT2D eigenvalue weighted by atomic mass is 32.2. The molecule has 0 amide bonds. The van der Waals surface area contributed by atoms with Gasteiger partial charge >= 0.3 is 0 Å². The monoisotopic (exact) mass is 282 g/mol. The van der Waals surface area contributed by atoms with E-state index in [4.69, 9.17) is 5.73 Å². The SMILES string of the molecule is Cc1ccc(N)c(S(=O)(=O)NC2CCCC2C)c1C. The van der Waals surface area contributed by atoms with Crippen molar-refractivity contribution in [3.8, 4) is 0 Å². The molecule has 3 N–H and O–H groups in total. The number of nitrogens with two attached hydrogens (primary N) is 1. The first-order valence-corrected chi connectivity index (χ1v) is 8.19. The summed E-state index contributed by atoms with van der Waals surface area (Å²) < 4.78 is 27.9. The third kappa shape index (κ3) is 2.77. The van der Waals surface area contributed by atoms with E-state index in [1.165, 1.54) is 0 Å². The first kappa shape index (κ1) is 14.3. The Hall–Kier alpha value is -1.07. The van der Waals surface area contributed by atoms with Crippen LogP contribution in [0.15, 0.2) is 17.0 Å². The van der Waals surface area contributed by atoms with Crippen LogP contribution in [0.2, 0.25) is 0 Å². The molecule has 0 heterocycles. The molecule has 0 aromatic heterocycles. The van der Waals surface area contributed by atoms with E-state index in [0.717, 1.165) is 30.4 Å². The standard InChI is InChI=1S/C14H22N2O2S/c1-9-7-8-12(15)14(11(9)3)19(17,18)16-13-6-4-5-10(13)2/h7-8,10,13,16H,4-6,15H2,1-3H3.